The Labute approximate surface area is 122 Å². The highest BCUT2D eigenvalue weighted by atomic mass is 16.5. The summed E-state index contributed by atoms with van der Waals surface area (Å²) < 4.78 is 5.04. The van der Waals surface area contributed by atoms with Crippen molar-refractivity contribution < 1.29 is 19.4 Å². The largest absolute Gasteiger partial charge is 0.504 e. The molecule has 2 heterocycles. The molecule has 110 valence electrons. The van der Waals surface area contributed by atoms with Gasteiger partial charge >= 0.3 is 0 Å². The maximum absolute atomic E-state index is 12.7. The van der Waals surface area contributed by atoms with Gasteiger partial charge in [0.05, 0.1) is 18.4 Å². The summed E-state index contributed by atoms with van der Waals surface area (Å²) in [6, 6.07) is 2.32. The molecule has 1 atom stereocenters. The van der Waals surface area contributed by atoms with Crippen molar-refractivity contribution in [3.63, 3.8) is 0 Å². The SMILES string of the molecule is CC=C1CC2C(=O)Nc3cc(O)c(OC)cc3C(=O)N2C1. The summed E-state index contributed by atoms with van der Waals surface area (Å²) in [5, 5.41) is 12.5. The summed E-state index contributed by atoms with van der Waals surface area (Å²) in [5.41, 5.74) is 1.72. The van der Waals surface area contributed by atoms with Crippen LogP contribution in [-0.4, -0.2) is 41.5 Å². The maximum atomic E-state index is 12.7. The van der Waals surface area contributed by atoms with Gasteiger partial charge in [-0.25, -0.2) is 0 Å². The molecule has 1 saturated heterocycles. The molecule has 1 aromatic carbocycles. The minimum atomic E-state index is -0.496. The molecule has 0 aromatic heterocycles. The van der Waals surface area contributed by atoms with Gasteiger partial charge in [0.15, 0.2) is 11.5 Å². The number of allylic oxidation sites excluding steroid dienone is 1. The first-order chi connectivity index (χ1) is 10.0. The number of hydrogen-bond acceptors (Lipinski definition) is 4. The zero-order chi connectivity index (χ0) is 15.1. The normalized spacial score (nSPS) is 22.7. The summed E-state index contributed by atoms with van der Waals surface area (Å²) >= 11 is 0. The predicted octanol–water partition coefficient (Wildman–Crippen LogP) is 1.51. The number of carbonyl (C=O) groups is 2. The van der Waals surface area contributed by atoms with Crippen molar-refractivity contribution in [3.8, 4) is 11.5 Å². The molecule has 1 aromatic rings. The van der Waals surface area contributed by atoms with Crippen molar-refractivity contribution >= 4 is 17.5 Å². The summed E-state index contributed by atoms with van der Waals surface area (Å²) in [6.45, 7) is 2.36. The number of amides is 2. The van der Waals surface area contributed by atoms with E-state index in [0.717, 1.165) is 5.57 Å². The van der Waals surface area contributed by atoms with Crippen LogP contribution in [-0.2, 0) is 4.79 Å². The highest BCUT2D eigenvalue weighted by Gasteiger charge is 2.40. The van der Waals surface area contributed by atoms with Crippen LogP contribution in [0.15, 0.2) is 23.8 Å². The first kappa shape index (κ1) is 13.5. The third-order valence-corrected chi connectivity index (χ3v) is 3.98. The number of anilines is 1. The van der Waals surface area contributed by atoms with Crippen LogP contribution < -0.4 is 10.1 Å². The maximum Gasteiger partial charge on any atom is 0.257 e. The molecule has 2 aliphatic rings. The lowest BCUT2D eigenvalue weighted by Crippen LogP contribution is -2.40. The van der Waals surface area contributed by atoms with Gasteiger partial charge in [-0.15, -0.1) is 0 Å². The number of phenols is 1. The molecule has 6 heteroatoms. The van der Waals surface area contributed by atoms with Gasteiger partial charge in [-0.05, 0) is 19.4 Å². The van der Waals surface area contributed by atoms with Crippen LogP contribution >= 0.6 is 0 Å². The smallest absolute Gasteiger partial charge is 0.257 e. The Morgan fingerprint density at radius 3 is 2.86 bits per heavy atom. The van der Waals surface area contributed by atoms with E-state index < -0.39 is 6.04 Å². The van der Waals surface area contributed by atoms with Crippen molar-refractivity contribution in [2.75, 3.05) is 19.0 Å². The lowest BCUT2D eigenvalue weighted by molar-refractivity contribution is -0.119. The Bertz CT molecular complexity index is 666. The quantitative estimate of drug-likeness (QED) is 0.768. The number of benzene rings is 1. The number of rotatable bonds is 1. The number of phenolic OH excluding ortho intramolecular Hbond substituents is 1. The van der Waals surface area contributed by atoms with Crippen molar-refractivity contribution in [1.29, 1.82) is 0 Å². The van der Waals surface area contributed by atoms with Gasteiger partial charge in [-0.3, -0.25) is 9.59 Å². The van der Waals surface area contributed by atoms with Crippen LogP contribution in [0.5, 0.6) is 11.5 Å². The number of fused-ring (bicyclic) bond motifs is 2. The van der Waals surface area contributed by atoms with E-state index in [4.69, 9.17) is 4.74 Å². The van der Waals surface area contributed by atoms with Gasteiger partial charge in [-0.1, -0.05) is 11.6 Å². The molecule has 0 radical (unpaired) electrons. The van der Waals surface area contributed by atoms with Gasteiger partial charge < -0.3 is 20.1 Å². The molecule has 1 fully saturated rings. The third kappa shape index (κ3) is 2.03. The fourth-order valence-corrected chi connectivity index (χ4v) is 2.79. The molecule has 2 N–H and O–H groups in total. The predicted molar refractivity (Wildman–Crippen MR) is 76.5 cm³/mol. The minimum Gasteiger partial charge on any atom is -0.504 e. The molecular formula is C15H16N2O4. The Balaban J connectivity index is 2.10. The number of nitrogens with zero attached hydrogens (tertiary/aromatic N) is 1. The van der Waals surface area contributed by atoms with E-state index >= 15 is 0 Å². The fraction of sp³-hybridized carbons (Fsp3) is 0.333. The van der Waals surface area contributed by atoms with Crippen LogP contribution in [0.25, 0.3) is 0 Å². The molecule has 1 unspecified atom stereocenters. The van der Waals surface area contributed by atoms with E-state index in [9.17, 15) is 14.7 Å². The minimum absolute atomic E-state index is 0.111. The van der Waals surface area contributed by atoms with E-state index in [0.29, 0.717) is 24.2 Å². The average Bonchev–Trinajstić information content (AvgIpc) is 2.87. The lowest BCUT2D eigenvalue weighted by atomic mass is 10.1. The highest BCUT2D eigenvalue weighted by Crippen LogP contribution is 2.37. The number of carbonyl (C=O) groups excluding carboxylic acids is 2. The molecule has 21 heavy (non-hydrogen) atoms. The van der Waals surface area contributed by atoms with Crippen molar-refractivity contribution in [3.05, 3.63) is 29.3 Å². The van der Waals surface area contributed by atoms with Gasteiger partial charge in [0.25, 0.3) is 5.91 Å². The van der Waals surface area contributed by atoms with E-state index in [1.165, 1.54) is 19.2 Å². The Morgan fingerprint density at radius 1 is 1.43 bits per heavy atom. The third-order valence-electron chi connectivity index (χ3n) is 3.98. The van der Waals surface area contributed by atoms with Crippen LogP contribution in [0, 0.1) is 0 Å². The first-order valence-corrected chi connectivity index (χ1v) is 6.72. The van der Waals surface area contributed by atoms with E-state index in [2.05, 4.69) is 5.32 Å². The molecule has 0 bridgehead atoms. The molecule has 0 saturated carbocycles. The van der Waals surface area contributed by atoms with Crippen molar-refractivity contribution in [2.45, 2.75) is 19.4 Å². The number of aromatic hydroxyl groups is 1. The summed E-state index contributed by atoms with van der Waals surface area (Å²) in [5.74, 6) is -0.368. The number of nitrogens with one attached hydrogen (secondary N) is 1. The lowest BCUT2D eigenvalue weighted by Gasteiger charge is -2.19. The second kappa shape index (κ2) is 4.80. The van der Waals surface area contributed by atoms with Gasteiger partial charge in [-0.2, -0.15) is 0 Å². The van der Waals surface area contributed by atoms with Crippen molar-refractivity contribution in [2.24, 2.45) is 0 Å². The molecule has 0 aliphatic carbocycles. The number of hydrogen-bond donors (Lipinski definition) is 2. The van der Waals surface area contributed by atoms with Crippen LogP contribution in [0.2, 0.25) is 0 Å². The fourth-order valence-electron chi connectivity index (χ4n) is 2.79. The second-order valence-corrected chi connectivity index (χ2v) is 5.16. The van der Waals surface area contributed by atoms with Crippen LogP contribution in [0.4, 0.5) is 5.69 Å². The molecule has 3 rings (SSSR count). The summed E-state index contributed by atoms with van der Waals surface area (Å²) in [4.78, 5) is 26.5. The summed E-state index contributed by atoms with van der Waals surface area (Å²) in [6.07, 6.45) is 2.48. The van der Waals surface area contributed by atoms with Crippen molar-refractivity contribution in [1.82, 2.24) is 4.90 Å². The van der Waals surface area contributed by atoms with Crippen LogP contribution in [0.3, 0.4) is 0 Å². The molecule has 2 aliphatic heterocycles. The molecule has 0 spiro atoms. The van der Waals surface area contributed by atoms with Crippen LogP contribution in [0.1, 0.15) is 23.7 Å². The average molecular weight is 288 g/mol. The van der Waals surface area contributed by atoms with Gasteiger partial charge in [0.2, 0.25) is 5.91 Å². The molecule has 2 amide bonds. The first-order valence-electron chi connectivity index (χ1n) is 6.72. The Hall–Kier alpha value is -2.50. The van der Waals surface area contributed by atoms with E-state index in [1.807, 2.05) is 13.0 Å². The number of ether oxygens (including phenoxy) is 1. The highest BCUT2D eigenvalue weighted by molar-refractivity contribution is 6.11. The van der Waals surface area contributed by atoms with E-state index in [-0.39, 0.29) is 23.3 Å². The zero-order valence-electron chi connectivity index (χ0n) is 11.8. The second-order valence-electron chi connectivity index (χ2n) is 5.16. The topological polar surface area (TPSA) is 78.9 Å². The van der Waals surface area contributed by atoms with Gasteiger partial charge in [0.1, 0.15) is 6.04 Å². The van der Waals surface area contributed by atoms with E-state index in [1.54, 1.807) is 4.90 Å². The Kier molecular flexibility index (Phi) is 3.08. The number of methoxy groups -OCH3 is 1. The zero-order valence-corrected chi connectivity index (χ0v) is 11.8. The van der Waals surface area contributed by atoms with Gasteiger partial charge in [0, 0.05) is 12.6 Å². The Morgan fingerprint density at radius 2 is 2.19 bits per heavy atom. The standard InChI is InChI=1S/C15H16N2O4/c1-3-8-4-11-14(19)16-10-6-12(18)13(21-2)5-9(10)15(20)17(11)7-8/h3,5-6,11,18H,4,7H2,1-2H3,(H,16,19). The molecular weight excluding hydrogens is 272 g/mol. The monoisotopic (exact) mass is 288 g/mol. The molecule has 6 nitrogen and oxygen atoms in total. The summed E-state index contributed by atoms with van der Waals surface area (Å²) in [7, 11) is 1.41.